The summed E-state index contributed by atoms with van der Waals surface area (Å²) in [6.07, 6.45) is 3.76. The van der Waals surface area contributed by atoms with Crippen molar-refractivity contribution in [3.8, 4) is 0 Å². The standard InChI is InChI=1S/C9H18O6S2/c1-2-8-5-3-4-6-9(8)15-17(13,14)7-16(10,11)12/h8-9H,2-7H2,1H3,(H,10,11,12). The van der Waals surface area contributed by atoms with Gasteiger partial charge in [0.15, 0.2) is 0 Å². The van der Waals surface area contributed by atoms with Crippen LogP contribution in [0.25, 0.3) is 0 Å². The molecule has 0 radical (unpaired) electrons. The Balaban J connectivity index is 2.69. The summed E-state index contributed by atoms with van der Waals surface area (Å²) in [5.74, 6) is 0.139. The first-order chi connectivity index (χ1) is 7.73. The lowest BCUT2D eigenvalue weighted by atomic mass is 9.85. The fourth-order valence-electron chi connectivity index (χ4n) is 2.17. The zero-order valence-electron chi connectivity index (χ0n) is 9.70. The van der Waals surface area contributed by atoms with Crippen molar-refractivity contribution in [1.82, 2.24) is 0 Å². The predicted molar refractivity (Wildman–Crippen MR) is 62.5 cm³/mol. The predicted octanol–water partition coefficient (Wildman–Crippen LogP) is 1.15. The minimum Gasteiger partial charge on any atom is -0.285 e. The van der Waals surface area contributed by atoms with E-state index in [0.717, 1.165) is 25.7 Å². The van der Waals surface area contributed by atoms with E-state index in [0.29, 0.717) is 6.42 Å². The van der Waals surface area contributed by atoms with E-state index in [-0.39, 0.29) is 5.92 Å². The molecule has 0 amide bonds. The Morgan fingerprint density at radius 3 is 2.29 bits per heavy atom. The van der Waals surface area contributed by atoms with E-state index in [4.69, 9.17) is 8.74 Å². The van der Waals surface area contributed by atoms with Gasteiger partial charge in [-0.3, -0.25) is 8.74 Å². The van der Waals surface area contributed by atoms with Crippen LogP contribution in [-0.2, 0) is 24.4 Å². The van der Waals surface area contributed by atoms with Gasteiger partial charge in [-0.25, -0.2) is 0 Å². The van der Waals surface area contributed by atoms with Crippen molar-refractivity contribution < 1.29 is 25.6 Å². The van der Waals surface area contributed by atoms with Gasteiger partial charge in [0, 0.05) is 0 Å². The molecule has 1 fully saturated rings. The molecule has 102 valence electrons. The molecule has 0 saturated heterocycles. The summed E-state index contributed by atoms with van der Waals surface area (Å²) in [6.45, 7) is 1.95. The highest BCUT2D eigenvalue weighted by Gasteiger charge is 2.31. The maximum absolute atomic E-state index is 11.4. The lowest BCUT2D eigenvalue weighted by molar-refractivity contribution is 0.0974. The van der Waals surface area contributed by atoms with Crippen molar-refractivity contribution in [3.05, 3.63) is 0 Å². The van der Waals surface area contributed by atoms with Crippen molar-refractivity contribution in [2.75, 3.05) is 5.08 Å². The third-order valence-corrected chi connectivity index (χ3v) is 5.81. The SMILES string of the molecule is CCC1CCCCC1OS(=O)(=O)CS(=O)(=O)O. The van der Waals surface area contributed by atoms with Gasteiger partial charge in [-0.1, -0.05) is 26.2 Å². The molecule has 2 unspecified atom stereocenters. The Hall–Kier alpha value is -0.180. The maximum Gasteiger partial charge on any atom is 0.284 e. The molecular formula is C9H18O6S2. The lowest BCUT2D eigenvalue weighted by Crippen LogP contribution is -2.32. The van der Waals surface area contributed by atoms with E-state index < -0.39 is 31.4 Å². The fraction of sp³-hybridized carbons (Fsp3) is 1.00. The van der Waals surface area contributed by atoms with Gasteiger partial charge in [-0.2, -0.15) is 16.8 Å². The largest absolute Gasteiger partial charge is 0.285 e. The van der Waals surface area contributed by atoms with Gasteiger partial charge in [-0.05, 0) is 18.8 Å². The Morgan fingerprint density at radius 1 is 1.18 bits per heavy atom. The first-order valence-electron chi connectivity index (χ1n) is 5.59. The summed E-state index contributed by atoms with van der Waals surface area (Å²) < 4.78 is 57.3. The summed E-state index contributed by atoms with van der Waals surface area (Å²) in [5.41, 5.74) is 0. The van der Waals surface area contributed by atoms with Gasteiger partial charge in [0.1, 0.15) is 0 Å². The van der Waals surface area contributed by atoms with Gasteiger partial charge >= 0.3 is 0 Å². The van der Waals surface area contributed by atoms with Crippen molar-refractivity contribution >= 4 is 20.2 Å². The van der Waals surface area contributed by atoms with Crippen LogP contribution in [-0.4, -0.2) is 32.6 Å². The smallest absolute Gasteiger partial charge is 0.284 e. The fourth-order valence-corrected chi connectivity index (χ4v) is 4.48. The molecular weight excluding hydrogens is 268 g/mol. The Morgan fingerprint density at radius 2 is 1.76 bits per heavy atom. The van der Waals surface area contributed by atoms with Crippen LogP contribution in [0.3, 0.4) is 0 Å². The molecule has 8 heteroatoms. The van der Waals surface area contributed by atoms with Crippen molar-refractivity contribution in [3.63, 3.8) is 0 Å². The Kier molecular flexibility index (Phi) is 4.94. The van der Waals surface area contributed by atoms with Crippen LogP contribution >= 0.6 is 0 Å². The molecule has 0 aromatic carbocycles. The molecule has 0 aromatic heterocycles. The van der Waals surface area contributed by atoms with Crippen LogP contribution < -0.4 is 0 Å². The summed E-state index contributed by atoms with van der Waals surface area (Å²) in [7, 11) is -8.79. The molecule has 0 heterocycles. The third kappa shape index (κ3) is 5.33. The summed E-state index contributed by atoms with van der Waals surface area (Å²) >= 11 is 0. The Labute approximate surface area is 102 Å². The average molecular weight is 286 g/mol. The second kappa shape index (κ2) is 5.64. The van der Waals surface area contributed by atoms with E-state index in [2.05, 4.69) is 0 Å². The number of hydrogen-bond acceptors (Lipinski definition) is 5. The van der Waals surface area contributed by atoms with Gasteiger partial charge < -0.3 is 0 Å². The molecule has 0 aliphatic heterocycles. The minimum atomic E-state index is -4.57. The number of hydrogen-bond donors (Lipinski definition) is 1. The van der Waals surface area contributed by atoms with E-state index in [1.54, 1.807) is 0 Å². The van der Waals surface area contributed by atoms with Gasteiger partial charge in [-0.15, -0.1) is 0 Å². The van der Waals surface area contributed by atoms with Gasteiger partial charge in [0.05, 0.1) is 6.10 Å². The molecule has 17 heavy (non-hydrogen) atoms. The summed E-state index contributed by atoms with van der Waals surface area (Å²) in [6, 6.07) is 0. The molecule has 1 N–H and O–H groups in total. The molecule has 1 rings (SSSR count). The van der Waals surface area contributed by atoms with Crippen LogP contribution in [0.2, 0.25) is 0 Å². The molecule has 1 aliphatic carbocycles. The average Bonchev–Trinajstić information content (AvgIpc) is 2.14. The third-order valence-electron chi connectivity index (χ3n) is 2.93. The van der Waals surface area contributed by atoms with E-state index >= 15 is 0 Å². The van der Waals surface area contributed by atoms with Crippen molar-refractivity contribution in [2.45, 2.75) is 45.1 Å². The van der Waals surface area contributed by atoms with Crippen LogP contribution in [0.15, 0.2) is 0 Å². The second-order valence-electron chi connectivity index (χ2n) is 4.34. The van der Waals surface area contributed by atoms with E-state index in [1.165, 1.54) is 0 Å². The van der Waals surface area contributed by atoms with E-state index in [9.17, 15) is 16.8 Å². The maximum atomic E-state index is 11.4. The minimum absolute atomic E-state index is 0.139. The van der Waals surface area contributed by atoms with Crippen molar-refractivity contribution in [2.24, 2.45) is 5.92 Å². The second-order valence-corrected chi connectivity index (χ2v) is 7.76. The Bertz CT molecular complexity index is 438. The monoisotopic (exact) mass is 286 g/mol. The van der Waals surface area contributed by atoms with Crippen LogP contribution in [0, 0.1) is 5.92 Å². The first-order valence-corrected chi connectivity index (χ1v) is 8.78. The normalized spacial score (nSPS) is 26.9. The van der Waals surface area contributed by atoms with Gasteiger partial charge in [0.2, 0.25) is 5.08 Å². The van der Waals surface area contributed by atoms with Crippen LogP contribution in [0.1, 0.15) is 39.0 Å². The zero-order chi connectivity index (χ0) is 13.1. The molecule has 6 nitrogen and oxygen atoms in total. The molecule has 0 bridgehead atoms. The first kappa shape index (κ1) is 14.9. The topological polar surface area (TPSA) is 97.7 Å². The highest BCUT2D eigenvalue weighted by Crippen LogP contribution is 2.30. The lowest BCUT2D eigenvalue weighted by Gasteiger charge is -2.29. The summed E-state index contributed by atoms with van der Waals surface area (Å²) in [5, 5.41) is -1.37. The molecule has 2 atom stereocenters. The van der Waals surface area contributed by atoms with Crippen molar-refractivity contribution in [1.29, 1.82) is 0 Å². The van der Waals surface area contributed by atoms with Crippen LogP contribution in [0.5, 0.6) is 0 Å². The number of rotatable bonds is 5. The molecule has 0 aromatic rings. The molecule has 0 spiro atoms. The highest BCUT2D eigenvalue weighted by atomic mass is 32.3. The molecule has 1 aliphatic rings. The zero-order valence-corrected chi connectivity index (χ0v) is 11.3. The van der Waals surface area contributed by atoms with Gasteiger partial charge in [0.25, 0.3) is 20.2 Å². The highest BCUT2D eigenvalue weighted by molar-refractivity contribution is 8.03. The summed E-state index contributed by atoms with van der Waals surface area (Å²) in [4.78, 5) is 0. The molecule has 1 saturated carbocycles. The quantitative estimate of drug-likeness (QED) is 0.601. The van der Waals surface area contributed by atoms with E-state index in [1.807, 2.05) is 6.92 Å². The van der Waals surface area contributed by atoms with Crippen LogP contribution in [0.4, 0.5) is 0 Å².